The minimum Gasteiger partial charge on any atom is -0.459 e. The Hall–Kier alpha value is -3.67. The van der Waals surface area contributed by atoms with Gasteiger partial charge in [0.2, 0.25) is 0 Å². The molecule has 0 saturated carbocycles. The number of amides is 2. The van der Waals surface area contributed by atoms with Crippen LogP contribution in [-0.2, 0) is 0 Å². The SMILES string of the molecule is C/C(=N\NC(=O)c1ccc(C(C)C)cc1)c1cccc(NC(=O)c2ccco2)c1. The van der Waals surface area contributed by atoms with Crippen LogP contribution in [0.15, 0.2) is 76.4 Å². The molecule has 0 aliphatic carbocycles. The molecule has 2 N–H and O–H groups in total. The van der Waals surface area contributed by atoms with Crippen molar-refractivity contribution >= 4 is 23.2 Å². The Kier molecular flexibility index (Phi) is 6.24. The molecule has 2 amide bonds. The number of rotatable bonds is 6. The van der Waals surface area contributed by atoms with E-state index in [9.17, 15) is 9.59 Å². The number of furan rings is 1. The topological polar surface area (TPSA) is 83.7 Å². The molecule has 1 heterocycles. The summed E-state index contributed by atoms with van der Waals surface area (Å²) in [6, 6.07) is 17.9. The number of hydrazone groups is 1. The number of nitrogens with zero attached hydrogens (tertiary/aromatic N) is 1. The van der Waals surface area contributed by atoms with E-state index >= 15 is 0 Å². The fourth-order valence-corrected chi connectivity index (χ4v) is 2.71. The van der Waals surface area contributed by atoms with E-state index in [0.717, 1.165) is 5.56 Å². The monoisotopic (exact) mass is 389 g/mol. The molecule has 0 unspecified atom stereocenters. The van der Waals surface area contributed by atoms with Gasteiger partial charge in [-0.1, -0.05) is 38.1 Å². The van der Waals surface area contributed by atoms with Gasteiger partial charge in [0.15, 0.2) is 5.76 Å². The van der Waals surface area contributed by atoms with E-state index in [1.807, 2.05) is 18.2 Å². The van der Waals surface area contributed by atoms with Crippen LogP contribution in [0.5, 0.6) is 0 Å². The Labute approximate surface area is 169 Å². The largest absolute Gasteiger partial charge is 0.459 e. The maximum Gasteiger partial charge on any atom is 0.291 e. The lowest BCUT2D eigenvalue weighted by atomic mass is 10.0. The molecule has 148 valence electrons. The molecule has 0 fully saturated rings. The van der Waals surface area contributed by atoms with Crippen LogP contribution in [0.1, 0.15) is 58.7 Å². The molecule has 3 aromatic rings. The van der Waals surface area contributed by atoms with Crippen molar-refractivity contribution < 1.29 is 14.0 Å². The second kappa shape index (κ2) is 9.01. The Morgan fingerprint density at radius 3 is 2.34 bits per heavy atom. The molecule has 6 heteroatoms. The van der Waals surface area contributed by atoms with Gasteiger partial charge in [-0.3, -0.25) is 9.59 Å². The molecule has 2 aromatic carbocycles. The number of carbonyl (C=O) groups excluding carboxylic acids is 2. The van der Waals surface area contributed by atoms with Gasteiger partial charge in [-0.2, -0.15) is 5.10 Å². The molecule has 0 bridgehead atoms. The lowest BCUT2D eigenvalue weighted by molar-refractivity contribution is 0.0953. The highest BCUT2D eigenvalue weighted by Crippen LogP contribution is 2.15. The van der Waals surface area contributed by atoms with Crippen LogP contribution in [0.3, 0.4) is 0 Å². The third kappa shape index (κ3) is 5.19. The van der Waals surface area contributed by atoms with E-state index in [1.54, 1.807) is 49.4 Å². The number of nitrogens with one attached hydrogen (secondary N) is 2. The molecule has 0 saturated heterocycles. The Balaban J connectivity index is 1.66. The Morgan fingerprint density at radius 2 is 1.69 bits per heavy atom. The fraction of sp³-hybridized carbons (Fsp3) is 0.174. The lowest BCUT2D eigenvalue weighted by Crippen LogP contribution is -2.19. The zero-order valence-electron chi connectivity index (χ0n) is 16.6. The van der Waals surface area contributed by atoms with Crippen LogP contribution in [0.25, 0.3) is 0 Å². The van der Waals surface area contributed by atoms with Crippen LogP contribution in [-0.4, -0.2) is 17.5 Å². The maximum absolute atomic E-state index is 12.3. The molecule has 0 aliphatic rings. The van der Waals surface area contributed by atoms with Gasteiger partial charge in [0.05, 0.1) is 12.0 Å². The number of hydrogen-bond acceptors (Lipinski definition) is 4. The quantitative estimate of drug-likeness (QED) is 0.469. The Bertz CT molecular complexity index is 1020. The van der Waals surface area contributed by atoms with E-state index in [4.69, 9.17) is 4.42 Å². The second-order valence-electron chi connectivity index (χ2n) is 6.93. The number of anilines is 1. The summed E-state index contributed by atoms with van der Waals surface area (Å²) in [5, 5.41) is 6.95. The van der Waals surface area contributed by atoms with Gasteiger partial charge >= 0.3 is 0 Å². The van der Waals surface area contributed by atoms with E-state index < -0.39 is 0 Å². The number of carbonyl (C=O) groups is 2. The van der Waals surface area contributed by atoms with E-state index in [1.165, 1.54) is 11.8 Å². The molecule has 29 heavy (non-hydrogen) atoms. The van der Waals surface area contributed by atoms with Crippen molar-refractivity contribution in [3.8, 4) is 0 Å². The van der Waals surface area contributed by atoms with Crippen LogP contribution < -0.4 is 10.7 Å². The minimum absolute atomic E-state index is 0.233. The second-order valence-corrected chi connectivity index (χ2v) is 6.93. The molecular formula is C23H23N3O3. The van der Waals surface area contributed by atoms with Crippen LogP contribution in [0.4, 0.5) is 5.69 Å². The fourth-order valence-electron chi connectivity index (χ4n) is 2.71. The van der Waals surface area contributed by atoms with Crippen LogP contribution >= 0.6 is 0 Å². The molecule has 0 radical (unpaired) electrons. The highest BCUT2D eigenvalue weighted by molar-refractivity contribution is 6.04. The average molecular weight is 389 g/mol. The van der Waals surface area contributed by atoms with Gasteiger partial charge in [-0.25, -0.2) is 5.43 Å². The highest BCUT2D eigenvalue weighted by atomic mass is 16.3. The summed E-state index contributed by atoms with van der Waals surface area (Å²) in [7, 11) is 0. The molecule has 0 atom stereocenters. The smallest absolute Gasteiger partial charge is 0.291 e. The van der Waals surface area contributed by atoms with Crippen molar-refractivity contribution in [2.45, 2.75) is 26.7 Å². The predicted molar refractivity (Wildman–Crippen MR) is 113 cm³/mol. The van der Waals surface area contributed by atoms with Crippen molar-refractivity contribution in [2.75, 3.05) is 5.32 Å². The zero-order valence-corrected chi connectivity index (χ0v) is 16.6. The molecular weight excluding hydrogens is 366 g/mol. The first-order valence-corrected chi connectivity index (χ1v) is 9.34. The van der Waals surface area contributed by atoms with Gasteiger partial charge < -0.3 is 9.73 Å². The van der Waals surface area contributed by atoms with E-state index in [2.05, 4.69) is 29.7 Å². The first kappa shape index (κ1) is 20.1. The van der Waals surface area contributed by atoms with Gasteiger partial charge in [0.25, 0.3) is 11.8 Å². The molecule has 3 rings (SSSR count). The average Bonchev–Trinajstić information content (AvgIpc) is 3.27. The van der Waals surface area contributed by atoms with Crippen molar-refractivity contribution in [3.63, 3.8) is 0 Å². The summed E-state index contributed by atoms with van der Waals surface area (Å²) >= 11 is 0. The number of benzene rings is 2. The van der Waals surface area contributed by atoms with Crippen molar-refractivity contribution in [2.24, 2.45) is 5.10 Å². The van der Waals surface area contributed by atoms with Crippen LogP contribution in [0.2, 0.25) is 0 Å². The summed E-state index contributed by atoms with van der Waals surface area (Å²) < 4.78 is 5.09. The third-order valence-electron chi connectivity index (χ3n) is 4.45. The first-order valence-electron chi connectivity index (χ1n) is 9.34. The number of hydrogen-bond donors (Lipinski definition) is 2. The van der Waals surface area contributed by atoms with Crippen molar-refractivity contribution in [1.82, 2.24) is 5.43 Å². The normalized spacial score (nSPS) is 11.4. The third-order valence-corrected chi connectivity index (χ3v) is 4.45. The summed E-state index contributed by atoms with van der Waals surface area (Å²) in [5.74, 6) is 0.0336. The summed E-state index contributed by atoms with van der Waals surface area (Å²) in [6.07, 6.45) is 1.45. The van der Waals surface area contributed by atoms with E-state index in [0.29, 0.717) is 22.9 Å². The highest BCUT2D eigenvalue weighted by Gasteiger charge is 2.10. The molecule has 0 aliphatic heterocycles. The van der Waals surface area contributed by atoms with Gasteiger partial charge in [0.1, 0.15) is 0 Å². The van der Waals surface area contributed by atoms with Gasteiger partial charge in [-0.15, -0.1) is 0 Å². The zero-order chi connectivity index (χ0) is 20.8. The first-order chi connectivity index (χ1) is 13.9. The summed E-state index contributed by atoms with van der Waals surface area (Å²) in [4.78, 5) is 24.4. The predicted octanol–water partition coefficient (Wildman–Crippen LogP) is 4.81. The standard InChI is InChI=1S/C23H23N3O3/c1-15(2)17-9-11-18(12-10-17)22(27)26-25-16(3)19-6-4-7-20(14-19)24-23(28)21-8-5-13-29-21/h4-15H,1-3H3,(H,24,28)(H,26,27)/b25-16+. The van der Waals surface area contributed by atoms with Gasteiger partial charge in [-0.05, 0) is 60.4 Å². The maximum atomic E-state index is 12.3. The molecule has 1 aromatic heterocycles. The van der Waals surface area contributed by atoms with Crippen LogP contribution in [0, 0.1) is 0 Å². The van der Waals surface area contributed by atoms with Crippen molar-refractivity contribution in [3.05, 3.63) is 89.4 Å². The Morgan fingerprint density at radius 1 is 0.931 bits per heavy atom. The molecule has 0 spiro atoms. The van der Waals surface area contributed by atoms with Gasteiger partial charge in [0, 0.05) is 11.3 Å². The minimum atomic E-state index is -0.333. The van der Waals surface area contributed by atoms with Crippen molar-refractivity contribution in [1.29, 1.82) is 0 Å². The summed E-state index contributed by atoms with van der Waals surface area (Å²) in [6.45, 7) is 6.00. The summed E-state index contributed by atoms with van der Waals surface area (Å²) in [5.41, 5.74) is 6.30. The lowest BCUT2D eigenvalue weighted by Gasteiger charge is -2.08. The van der Waals surface area contributed by atoms with E-state index in [-0.39, 0.29) is 17.6 Å². The molecule has 6 nitrogen and oxygen atoms in total.